The molecule has 1 aliphatic carbocycles. The van der Waals surface area contributed by atoms with E-state index in [2.05, 4.69) is 15.0 Å². The second-order valence-electron chi connectivity index (χ2n) is 10.0. The first-order chi connectivity index (χ1) is 19.2. The molecule has 10 nitrogen and oxygen atoms in total. The third-order valence-corrected chi connectivity index (χ3v) is 9.17. The first-order valence-electron chi connectivity index (χ1n) is 12.6. The summed E-state index contributed by atoms with van der Waals surface area (Å²) in [6.45, 7) is 0.0145. The molecule has 12 heteroatoms. The van der Waals surface area contributed by atoms with Crippen LogP contribution in [-0.4, -0.2) is 35.0 Å². The van der Waals surface area contributed by atoms with Crippen molar-refractivity contribution in [1.29, 1.82) is 0 Å². The summed E-state index contributed by atoms with van der Waals surface area (Å²) in [7, 11) is -3.97. The Labute approximate surface area is 225 Å². The highest BCUT2D eigenvalue weighted by atomic mass is 32.2. The highest BCUT2D eigenvalue weighted by molar-refractivity contribution is 7.91. The van der Waals surface area contributed by atoms with E-state index in [1.807, 2.05) is 0 Å². The van der Waals surface area contributed by atoms with Crippen molar-refractivity contribution >= 4 is 49.4 Å². The number of carbonyl (C=O) groups excluding carboxylic acids is 2. The van der Waals surface area contributed by atoms with Gasteiger partial charge in [-0.15, -0.1) is 0 Å². The molecule has 40 heavy (non-hydrogen) atoms. The van der Waals surface area contributed by atoms with E-state index in [4.69, 9.17) is 4.42 Å². The molecule has 0 atom stereocenters. The van der Waals surface area contributed by atoms with Crippen LogP contribution in [0.2, 0.25) is 0 Å². The maximum Gasteiger partial charge on any atom is 0.282 e. The molecule has 1 saturated carbocycles. The van der Waals surface area contributed by atoms with E-state index in [0.29, 0.717) is 29.5 Å². The van der Waals surface area contributed by atoms with Crippen LogP contribution in [0.3, 0.4) is 0 Å². The Bertz CT molecular complexity index is 2070. The Kier molecular flexibility index (Phi) is 5.26. The number of nitrogens with one attached hydrogen (secondary N) is 3. The Balaban J connectivity index is 1.53. The zero-order chi connectivity index (χ0) is 27.8. The lowest BCUT2D eigenvalue weighted by Crippen LogP contribution is -2.35. The number of aromatic amines is 1. The Morgan fingerprint density at radius 2 is 1.98 bits per heavy atom. The fourth-order valence-electron chi connectivity index (χ4n) is 5.39. The van der Waals surface area contributed by atoms with Gasteiger partial charge in [0.25, 0.3) is 11.5 Å². The maximum atomic E-state index is 15.3. The van der Waals surface area contributed by atoms with Crippen molar-refractivity contribution in [2.45, 2.75) is 31.1 Å². The van der Waals surface area contributed by atoms with Crippen LogP contribution in [0, 0.1) is 5.82 Å². The summed E-state index contributed by atoms with van der Waals surface area (Å²) in [5, 5.41) is 2.54. The molecule has 2 aromatic carbocycles. The molecule has 0 saturated heterocycles. The minimum absolute atomic E-state index is 0.0145. The van der Waals surface area contributed by atoms with Crippen molar-refractivity contribution in [2.24, 2.45) is 0 Å². The molecule has 4 heterocycles. The van der Waals surface area contributed by atoms with Crippen molar-refractivity contribution in [1.82, 2.24) is 14.3 Å². The number of benzene rings is 2. The Morgan fingerprint density at radius 1 is 1.15 bits per heavy atom. The van der Waals surface area contributed by atoms with Crippen molar-refractivity contribution in [3.05, 3.63) is 87.9 Å². The highest BCUT2D eigenvalue weighted by Crippen LogP contribution is 2.41. The normalized spacial score (nSPS) is 15.0. The average Bonchev–Trinajstić information content (AvgIpc) is 3.43. The molecule has 0 bridgehead atoms. The van der Waals surface area contributed by atoms with Crippen LogP contribution < -0.4 is 15.6 Å². The lowest BCUT2D eigenvalue weighted by Gasteiger charge is -2.14. The van der Waals surface area contributed by atoms with Crippen LogP contribution in [-0.2, 0) is 27.8 Å². The van der Waals surface area contributed by atoms with Gasteiger partial charge in [-0.1, -0.05) is 12.1 Å². The Morgan fingerprint density at radius 3 is 2.75 bits per heavy atom. The van der Waals surface area contributed by atoms with E-state index in [0.717, 1.165) is 5.56 Å². The van der Waals surface area contributed by atoms with Crippen LogP contribution >= 0.6 is 0 Å². The van der Waals surface area contributed by atoms with Gasteiger partial charge < -0.3 is 19.3 Å². The van der Waals surface area contributed by atoms with Crippen LogP contribution in [0.15, 0.2) is 64.1 Å². The maximum absolute atomic E-state index is 15.3. The summed E-state index contributed by atoms with van der Waals surface area (Å²) < 4.78 is 50.3. The number of carbonyl (C=O) groups is 2. The van der Waals surface area contributed by atoms with Gasteiger partial charge in [0.15, 0.2) is 0 Å². The van der Waals surface area contributed by atoms with E-state index >= 15 is 4.39 Å². The fourth-order valence-corrected chi connectivity index (χ4v) is 6.67. The number of rotatable bonds is 6. The zero-order valence-electron chi connectivity index (χ0n) is 20.8. The largest absolute Gasteiger partial charge is 0.463 e. The molecule has 0 spiro atoms. The zero-order valence-corrected chi connectivity index (χ0v) is 21.6. The number of fused-ring (bicyclic) bond motifs is 4. The first-order valence-corrected chi connectivity index (χ1v) is 14.1. The molecule has 2 amide bonds. The van der Waals surface area contributed by atoms with E-state index in [1.54, 1.807) is 24.3 Å². The molecule has 0 radical (unpaired) electrons. The SMILES string of the molecule is O=C1Cc2cc(Cn3c(C(=O)NS(=O)(=O)C4CC4)c(-c4ccc[nH]c4=O)c4c5occc5c(F)cc43)ccc2N1. The summed E-state index contributed by atoms with van der Waals surface area (Å²) in [6.07, 6.45) is 3.82. The second-order valence-corrected chi connectivity index (χ2v) is 12.0. The molecular weight excluding hydrogens is 539 g/mol. The van der Waals surface area contributed by atoms with Gasteiger partial charge >= 0.3 is 0 Å². The van der Waals surface area contributed by atoms with E-state index in [1.165, 1.54) is 35.2 Å². The van der Waals surface area contributed by atoms with Crippen molar-refractivity contribution < 1.29 is 26.8 Å². The topological polar surface area (TPSA) is 143 Å². The van der Waals surface area contributed by atoms with Gasteiger partial charge in [0, 0.05) is 24.0 Å². The first kappa shape index (κ1) is 24.3. The average molecular weight is 561 g/mol. The summed E-state index contributed by atoms with van der Waals surface area (Å²) in [4.78, 5) is 41.4. The lowest BCUT2D eigenvalue weighted by atomic mass is 10.0. The number of pyridine rings is 1. The third kappa shape index (κ3) is 3.82. The molecule has 1 aliphatic heterocycles. The number of H-pyrrole nitrogens is 1. The number of amides is 2. The van der Waals surface area contributed by atoms with Gasteiger partial charge in [-0.2, -0.15) is 0 Å². The molecule has 3 aromatic heterocycles. The number of anilines is 1. The molecule has 2 aliphatic rings. The van der Waals surface area contributed by atoms with Gasteiger partial charge in [-0.25, -0.2) is 17.5 Å². The summed E-state index contributed by atoms with van der Waals surface area (Å²) in [5.74, 6) is -1.69. The molecule has 202 valence electrons. The smallest absolute Gasteiger partial charge is 0.282 e. The second kappa shape index (κ2) is 8.65. The molecule has 0 unspecified atom stereocenters. The number of halogens is 1. The fraction of sp³-hybridized carbons (Fsp3) is 0.179. The van der Waals surface area contributed by atoms with Gasteiger partial charge in [-0.05, 0) is 54.3 Å². The minimum Gasteiger partial charge on any atom is -0.463 e. The molecular formula is C28H21FN4O6S. The lowest BCUT2D eigenvalue weighted by molar-refractivity contribution is -0.115. The van der Waals surface area contributed by atoms with Gasteiger partial charge in [0.2, 0.25) is 15.9 Å². The molecule has 5 aromatic rings. The molecule has 3 N–H and O–H groups in total. The van der Waals surface area contributed by atoms with Gasteiger partial charge in [0.05, 0.1) is 39.8 Å². The van der Waals surface area contributed by atoms with Crippen LogP contribution in [0.25, 0.3) is 33.0 Å². The van der Waals surface area contributed by atoms with Crippen LogP contribution in [0.1, 0.15) is 34.5 Å². The monoisotopic (exact) mass is 560 g/mol. The van der Waals surface area contributed by atoms with Crippen molar-refractivity contribution in [3.8, 4) is 11.1 Å². The summed E-state index contributed by atoms with van der Waals surface area (Å²) >= 11 is 0. The van der Waals surface area contributed by atoms with E-state index in [9.17, 15) is 22.8 Å². The van der Waals surface area contributed by atoms with Gasteiger partial charge in [-0.3, -0.25) is 14.4 Å². The predicted molar refractivity (Wildman–Crippen MR) is 145 cm³/mol. The van der Waals surface area contributed by atoms with Crippen LogP contribution in [0.5, 0.6) is 0 Å². The number of sulfonamides is 1. The minimum atomic E-state index is -3.97. The number of hydrogen-bond donors (Lipinski definition) is 3. The third-order valence-electron chi connectivity index (χ3n) is 7.35. The predicted octanol–water partition coefficient (Wildman–Crippen LogP) is 3.65. The summed E-state index contributed by atoms with van der Waals surface area (Å²) in [5.41, 5.74) is 2.05. The number of nitrogens with zero attached hydrogens (tertiary/aromatic N) is 1. The number of hydrogen-bond acceptors (Lipinski definition) is 6. The molecule has 1 fully saturated rings. The standard InChI is InChI=1S/C28H21FN4O6S/c29-19-12-21-24(26-17(19)7-9-39-26)23(18-2-1-8-30-27(18)35)25(28(36)32-40(37,38)16-4-5-16)33(21)13-14-3-6-20-15(10-14)11-22(34)31-20/h1-3,6-10,12,16H,4-5,11,13H2,(H,30,35)(H,31,34)(H,32,36). The van der Waals surface area contributed by atoms with Crippen molar-refractivity contribution in [2.75, 3.05) is 5.32 Å². The summed E-state index contributed by atoms with van der Waals surface area (Å²) in [6, 6.07) is 11.1. The van der Waals surface area contributed by atoms with Crippen LogP contribution in [0.4, 0.5) is 10.1 Å². The van der Waals surface area contributed by atoms with E-state index in [-0.39, 0.29) is 52.2 Å². The molecule has 7 rings (SSSR count). The number of furan rings is 1. The highest BCUT2D eigenvalue weighted by Gasteiger charge is 2.39. The van der Waals surface area contributed by atoms with E-state index < -0.39 is 32.6 Å². The quantitative estimate of drug-likeness (QED) is 0.289. The number of aromatic nitrogens is 2. The Hall–Kier alpha value is -4.71. The van der Waals surface area contributed by atoms with Crippen molar-refractivity contribution in [3.63, 3.8) is 0 Å². The van der Waals surface area contributed by atoms with Gasteiger partial charge in [0.1, 0.15) is 17.1 Å².